The molecular weight excluding hydrogens is 305 g/mol. The van der Waals surface area contributed by atoms with Crippen molar-refractivity contribution in [1.29, 1.82) is 0 Å². The molecule has 2 aromatic rings. The fourth-order valence-electron chi connectivity index (χ4n) is 2.48. The molecule has 1 heterocycles. The van der Waals surface area contributed by atoms with Gasteiger partial charge in [0.05, 0.1) is 0 Å². The number of hydrogen-bond donors (Lipinski definition) is 1. The molecule has 2 rings (SSSR count). The monoisotopic (exact) mass is 331 g/mol. The lowest BCUT2D eigenvalue weighted by Crippen LogP contribution is -2.38. The van der Waals surface area contributed by atoms with Crippen LogP contribution >= 0.6 is 0 Å². The molecular formula is C18H26FN5. The summed E-state index contributed by atoms with van der Waals surface area (Å²) in [7, 11) is 1.96. The summed E-state index contributed by atoms with van der Waals surface area (Å²) >= 11 is 0. The van der Waals surface area contributed by atoms with Crippen molar-refractivity contribution in [2.45, 2.75) is 26.9 Å². The first-order valence-corrected chi connectivity index (χ1v) is 8.29. The molecule has 0 aliphatic carbocycles. The highest BCUT2D eigenvalue weighted by Crippen LogP contribution is 2.07. The van der Waals surface area contributed by atoms with Crippen molar-refractivity contribution >= 4 is 5.96 Å². The zero-order valence-corrected chi connectivity index (χ0v) is 14.6. The van der Waals surface area contributed by atoms with Gasteiger partial charge in [-0.1, -0.05) is 19.1 Å². The van der Waals surface area contributed by atoms with Crippen molar-refractivity contribution < 1.29 is 4.39 Å². The molecule has 0 saturated carbocycles. The van der Waals surface area contributed by atoms with E-state index in [0.717, 1.165) is 24.6 Å². The van der Waals surface area contributed by atoms with E-state index in [-0.39, 0.29) is 5.82 Å². The lowest BCUT2D eigenvalue weighted by molar-refractivity contribution is 0.443. The van der Waals surface area contributed by atoms with Crippen molar-refractivity contribution in [3.8, 4) is 0 Å². The number of nitrogens with one attached hydrogen (secondary N) is 1. The third kappa shape index (κ3) is 5.68. The maximum absolute atomic E-state index is 13.3. The minimum Gasteiger partial charge on any atom is -0.357 e. The lowest BCUT2D eigenvalue weighted by atomic mass is 10.2. The molecule has 1 atom stereocenters. The number of rotatable bonds is 7. The van der Waals surface area contributed by atoms with Crippen LogP contribution in [0, 0.1) is 11.7 Å². The smallest absolute Gasteiger partial charge is 0.193 e. The standard InChI is InChI=1S/C18H26FN5/c1-4-20-18(21-12-15(2)13-24-10-6-9-22-24)23(3)14-16-7-5-8-17(19)11-16/h5-11,15H,4,12-14H2,1-3H3,(H,20,21). The first kappa shape index (κ1) is 18.0. The Morgan fingerprint density at radius 2 is 2.25 bits per heavy atom. The minimum absolute atomic E-state index is 0.212. The Bertz CT molecular complexity index is 639. The van der Waals surface area contributed by atoms with Gasteiger partial charge in [0.2, 0.25) is 0 Å². The van der Waals surface area contributed by atoms with Gasteiger partial charge in [-0.25, -0.2) is 4.39 Å². The molecule has 0 radical (unpaired) electrons. The molecule has 1 aromatic carbocycles. The molecule has 1 aromatic heterocycles. The van der Waals surface area contributed by atoms with Crippen LogP contribution in [0.5, 0.6) is 0 Å². The average Bonchev–Trinajstić information content (AvgIpc) is 3.04. The van der Waals surface area contributed by atoms with Gasteiger partial charge in [-0.15, -0.1) is 0 Å². The minimum atomic E-state index is -0.212. The van der Waals surface area contributed by atoms with Crippen molar-refractivity contribution in [2.24, 2.45) is 10.9 Å². The summed E-state index contributed by atoms with van der Waals surface area (Å²) < 4.78 is 15.2. The Balaban J connectivity index is 1.95. The van der Waals surface area contributed by atoms with Crippen molar-refractivity contribution in [3.05, 3.63) is 54.1 Å². The van der Waals surface area contributed by atoms with E-state index in [9.17, 15) is 4.39 Å². The highest BCUT2D eigenvalue weighted by atomic mass is 19.1. The van der Waals surface area contributed by atoms with Crippen LogP contribution in [0.25, 0.3) is 0 Å². The SMILES string of the molecule is CCNC(=NCC(C)Cn1cccn1)N(C)Cc1cccc(F)c1. The van der Waals surface area contributed by atoms with Gasteiger partial charge >= 0.3 is 0 Å². The van der Waals surface area contributed by atoms with E-state index in [1.54, 1.807) is 18.3 Å². The van der Waals surface area contributed by atoms with E-state index < -0.39 is 0 Å². The predicted molar refractivity (Wildman–Crippen MR) is 95.2 cm³/mol. The summed E-state index contributed by atoms with van der Waals surface area (Å²) in [6.45, 7) is 7.14. The molecule has 0 aliphatic rings. The molecule has 0 bridgehead atoms. The molecule has 130 valence electrons. The number of nitrogens with zero attached hydrogens (tertiary/aromatic N) is 4. The summed E-state index contributed by atoms with van der Waals surface area (Å²) in [5.74, 6) is 0.992. The van der Waals surface area contributed by atoms with Gasteiger partial charge in [-0.3, -0.25) is 9.67 Å². The van der Waals surface area contributed by atoms with E-state index >= 15 is 0 Å². The molecule has 24 heavy (non-hydrogen) atoms. The van der Waals surface area contributed by atoms with E-state index in [0.29, 0.717) is 19.0 Å². The zero-order chi connectivity index (χ0) is 17.4. The number of aliphatic imine (C=N–C) groups is 1. The van der Waals surface area contributed by atoms with Crippen LogP contribution in [0.4, 0.5) is 4.39 Å². The number of guanidine groups is 1. The van der Waals surface area contributed by atoms with Crippen molar-refractivity contribution in [3.63, 3.8) is 0 Å². The summed E-state index contributed by atoms with van der Waals surface area (Å²) in [5.41, 5.74) is 0.924. The Labute approximate surface area is 143 Å². The van der Waals surface area contributed by atoms with Crippen LogP contribution in [0.1, 0.15) is 19.4 Å². The fourth-order valence-corrected chi connectivity index (χ4v) is 2.48. The van der Waals surface area contributed by atoms with Gasteiger partial charge in [0.1, 0.15) is 5.82 Å². The average molecular weight is 331 g/mol. The fraction of sp³-hybridized carbons (Fsp3) is 0.444. The molecule has 0 amide bonds. The number of hydrogen-bond acceptors (Lipinski definition) is 2. The van der Waals surface area contributed by atoms with Crippen LogP contribution in [0.2, 0.25) is 0 Å². The number of aromatic nitrogens is 2. The zero-order valence-electron chi connectivity index (χ0n) is 14.6. The molecule has 1 N–H and O–H groups in total. The normalized spacial score (nSPS) is 12.9. The molecule has 0 fully saturated rings. The third-order valence-electron chi connectivity index (χ3n) is 3.62. The summed E-state index contributed by atoms with van der Waals surface area (Å²) in [6.07, 6.45) is 3.74. The van der Waals surface area contributed by atoms with E-state index in [1.807, 2.05) is 41.9 Å². The van der Waals surface area contributed by atoms with E-state index in [1.165, 1.54) is 6.07 Å². The van der Waals surface area contributed by atoms with Crippen LogP contribution in [0.3, 0.4) is 0 Å². The molecule has 6 heteroatoms. The van der Waals surface area contributed by atoms with E-state index in [2.05, 4.69) is 17.3 Å². The summed E-state index contributed by atoms with van der Waals surface area (Å²) in [4.78, 5) is 6.72. The highest BCUT2D eigenvalue weighted by molar-refractivity contribution is 5.79. The van der Waals surface area contributed by atoms with Gasteiger partial charge < -0.3 is 10.2 Å². The van der Waals surface area contributed by atoms with E-state index in [4.69, 9.17) is 4.99 Å². The maximum atomic E-state index is 13.3. The van der Waals surface area contributed by atoms with Gasteiger partial charge in [0.15, 0.2) is 5.96 Å². The topological polar surface area (TPSA) is 45.5 Å². The van der Waals surface area contributed by atoms with Crippen LogP contribution in [-0.2, 0) is 13.1 Å². The Morgan fingerprint density at radius 3 is 2.92 bits per heavy atom. The van der Waals surface area contributed by atoms with Gasteiger partial charge in [-0.05, 0) is 36.6 Å². The predicted octanol–water partition coefficient (Wildman–Crippen LogP) is 2.76. The van der Waals surface area contributed by atoms with Crippen LogP contribution in [0.15, 0.2) is 47.7 Å². The largest absolute Gasteiger partial charge is 0.357 e. The molecule has 0 aliphatic heterocycles. The summed E-state index contributed by atoms with van der Waals surface area (Å²) in [6, 6.07) is 8.59. The van der Waals surface area contributed by atoms with Crippen LogP contribution < -0.4 is 5.32 Å². The molecule has 5 nitrogen and oxygen atoms in total. The number of benzene rings is 1. The first-order chi connectivity index (χ1) is 11.6. The van der Waals surface area contributed by atoms with Crippen LogP contribution in [-0.4, -0.2) is 40.8 Å². The van der Waals surface area contributed by atoms with Gasteiger partial charge in [0.25, 0.3) is 0 Å². The Morgan fingerprint density at radius 1 is 1.42 bits per heavy atom. The first-order valence-electron chi connectivity index (χ1n) is 8.29. The maximum Gasteiger partial charge on any atom is 0.193 e. The molecule has 0 saturated heterocycles. The Hall–Kier alpha value is -2.37. The molecule has 0 spiro atoms. The highest BCUT2D eigenvalue weighted by Gasteiger charge is 2.09. The van der Waals surface area contributed by atoms with Crippen molar-refractivity contribution in [1.82, 2.24) is 20.0 Å². The summed E-state index contributed by atoms with van der Waals surface area (Å²) in [5, 5.41) is 7.52. The van der Waals surface area contributed by atoms with Gasteiger partial charge in [0, 0.05) is 45.6 Å². The quantitative estimate of drug-likeness (QED) is 0.627. The second-order valence-corrected chi connectivity index (χ2v) is 6.01. The second-order valence-electron chi connectivity index (χ2n) is 6.01. The third-order valence-corrected chi connectivity index (χ3v) is 3.62. The van der Waals surface area contributed by atoms with Gasteiger partial charge in [-0.2, -0.15) is 5.10 Å². The molecule has 1 unspecified atom stereocenters. The number of halogens is 1. The van der Waals surface area contributed by atoms with Crippen molar-refractivity contribution in [2.75, 3.05) is 20.1 Å². The lowest BCUT2D eigenvalue weighted by Gasteiger charge is -2.23. The second kappa shape index (κ2) is 9.05. The Kier molecular flexibility index (Phi) is 6.78.